The van der Waals surface area contributed by atoms with E-state index in [0.29, 0.717) is 12.8 Å². The highest BCUT2D eigenvalue weighted by molar-refractivity contribution is 6.20. The lowest BCUT2D eigenvalue weighted by Gasteiger charge is -2.27. The van der Waals surface area contributed by atoms with Crippen molar-refractivity contribution in [1.29, 1.82) is 0 Å². The molecule has 4 nitrogen and oxygen atoms in total. The van der Waals surface area contributed by atoms with Gasteiger partial charge in [-0.3, -0.25) is 9.59 Å². The van der Waals surface area contributed by atoms with Crippen molar-refractivity contribution in [3.8, 4) is 0 Å². The molecule has 44 heavy (non-hydrogen) atoms. The highest BCUT2D eigenvalue weighted by Crippen LogP contribution is 2.24. The van der Waals surface area contributed by atoms with E-state index in [1.54, 1.807) is 0 Å². The largest absolute Gasteiger partial charge is 0.359 e. The van der Waals surface area contributed by atoms with Crippen LogP contribution >= 0.6 is 11.6 Å². The second kappa shape index (κ2) is 32.0. The van der Waals surface area contributed by atoms with Gasteiger partial charge in [-0.05, 0) is 44.9 Å². The van der Waals surface area contributed by atoms with Crippen LogP contribution in [-0.4, -0.2) is 33.4 Å². The molecule has 0 aliphatic heterocycles. The maximum absolute atomic E-state index is 12.7. The smallest absolute Gasteiger partial charge is 0.235 e. The zero-order chi connectivity index (χ0) is 32.6. The zero-order valence-electron chi connectivity index (χ0n) is 29.0. The lowest BCUT2D eigenvalue weighted by atomic mass is 9.87. The fraction of sp³-hybridized carbons (Fsp3) is 0.846. The van der Waals surface area contributed by atoms with Crippen LogP contribution in [0.4, 0.5) is 0 Å². The number of hydrogen-bond acceptors (Lipinski definition) is 4. The Balaban J connectivity index is 3.88. The first-order valence-corrected chi connectivity index (χ1v) is 19.3. The maximum atomic E-state index is 12.7. The first-order valence-electron chi connectivity index (χ1n) is 18.8. The van der Waals surface area contributed by atoms with Gasteiger partial charge in [0.15, 0.2) is 5.78 Å². The number of alkyl halides is 1. The number of carbonyl (C=O) groups excluding carboxylic acids is 2. The molecule has 0 saturated carbocycles. The lowest BCUT2D eigenvalue weighted by molar-refractivity contribution is -0.201. The van der Waals surface area contributed by atoms with Crippen LogP contribution in [0.15, 0.2) is 24.3 Å². The third-order valence-electron chi connectivity index (χ3n) is 8.82. The van der Waals surface area contributed by atoms with E-state index in [-0.39, 0.29) is 24.5 Å². The molecule has 0 aromatic carbocycles. The number of hydrogen-bond donors (Lipinski definition) is 2. The predicted molar refractivity (Wildman–Crippen MR) is 190 cm³/mol. The summed E-state index contributed by atoms with van der Waals surface area (Å²) in [7, 11) is 0. The second-order valence-corrected chi connectivity index (χ2v) is 13.3. The topological polar surface area (TPSA) is 74.6 Å². The van der Waals surface area contributed by atoms with E-state index in [1.807, 2.05) is 0 Å². The predicted octanol–water partition coefficient (Wildman–Crippen LogP) is 11.7. The number of aliphatic hydroxyl groups is 2. The van der Waals surface area contributed by atoms with Crippen LogP contribution in [0.25, 0.3) is 0 Å². The molecule has 0 bridgehead atoms. The van der Waals surface area contributed by atoms with E-state index in [2.05, 4.69) is 38.2 Å². The number of unbranched alkanes of at least 4 members (excludes halogenated alkanes) is 22. The molecule has 0 rings (SSSR count). The average molecular weight is 639 g/mol. The first kappa shape index (κ1) is 43.0. The second-order valence-electron chi connectivity index (χ2n) is 13.0. The Morgan fingerprint density at radius 3 is 1.36 bits per heavy atom. The monoisotopic (exact) mass is 639 g/mol. The molecule has 5 heteroatoms. The van der Waals surface area contributed by atoms with E-state index in [1.165, 1.54) is 103 Å². The van der Waals surface area contributed by atoms with Crippen LogP contribution < -0.4 is 0 Å². The molecule has 0 aliphatic rings. The molecule has 2 N–H and O–H groups in total. The van der Waals surface area contributed by atoms with Crippen LogP contribution in [0.5, 0.6) is 0 Å². The molecular weight excluding hydrogens is 568 g/mol. The Kier molecular flexibility index (Phi) is 31.3. The molecule has 0 aliphatic carbocycles. The SMILES string of the molecule is CCCCC/C=C\C/C=C\CCCCCCCC(=O)C(O)(O)C(CCl)C(=O)CCCCCCCCCCCCCCCCC. The molecule has 0 spiro atoms. The van der Waals surface area contributed by atoms with Crippen molar-refractivity contribution in [1.82, 2.24) is 0 Å². The standard InChI is InChI=1S/C39H71ClO4/c1-3-5-7-9-11-13-15-17-19-21-23-25-27-29-31-33-37(41)36(35-40)39(43,44)38(42)34-32-30-28-26-24-22-20-18-16-14-12-10-8-6-4-2/h12,14,18,20,36,43-44H,3-11,13,15-17,19,21-35H2,1-2H3/b14-12-,20-18-. The summed E-state index contributed by atoms with van der Waals surface area (Å²) < 4.78 is 0. The summed E-state index contributed by atoms with van der Waals surface area (Å²) in [5.74, 6) is -5.16. The molecule has 0 aromatic rings. The van der Waals surface area contributed by atoms with Gasteiger partial charge in [-0.15, -0.1) is 11.6 Å². The molecule has 0 radical (unpaired) electrons. The van der Waals surface area contributed by atoms with Gasteiger partial charge in [0, 0.05) is 18.7 Å². The zero-order valence-corrected chi connectivity index (χ0v) is 29.7. The number of allylic oxidation sites excluding steroid dienone is 4. The molecule has 0 amide bonds. The number of ketones is 2. The summed E-state index contributed by atoms with van der Waals surface area (Å²) in [5.41, 5.74) is 0. The summed E-state index contributed by atoms with van der Waals surface area (Å²) in [6.07, 6.45) is 39.9. The van der Waals surface area contributed by atoms with Gasteiger partial charge in [-0.25, -0.2) is 0 Å². The van der Waals surface area contributed by atoms with Crippen LogP contribution in [0, 0.1) is 5.92 Å². The van der Waals surface area contributed by atoms with Gasteiger partial charge in [-0.1, -0.05) is 160 Å². The molecule has 0 heterocycles. The van der Waals surface area contributed by atoms with Crippen molar-refractivity contribution in [2.45, 2.75) is 199 Å². The third-order valence-corrected chi connectivity index (χ3v) is 9.13. The van der Waals surface area contributed by atoms with Gasteiger partial charge < -0.3 is 10.2 Å². The molecular formula is C39H71ClO4. The molecule has 1 atom stereocenters. The Morgan fingerprint density at radius 2 is 0.909 bits per heavy atom. The fourth-order valence-electron chi connectivity index (χ4n) is 5.74. The number of carbonyl (C=O) groups is 2. The normalized spacial score (nSPS) is 12.9. The molecule has 258 valence electrons. The number of halogens is 1. The van der Waals surface area contributed by atoms with Gasteiger partial charge >= 0.3 is 0 Å². The van der Waals surface area contributed by atoms with Crippen LogP contribution in [-0.2, 0) is 9.59 Å². The van der Waals surface area contributed by atoms with E-state index in [9.17, 15) is 19.8 Å². The van der Waals surface area contributed by atoms with Gasteiger partial charge in [-0.2, -0.15) is 0 Å². The van der Waals surface area contributed by atoms with Crippen molar-refractivity contribution >= 4 is 23.2 Å². The highest BCUT2D eigenvalue weighted by atomic mass is 35.5. The third kappa shape index (κ3) is 25.2. The van der Waals surface area contributed by atoms with E-state index < -0.39 is 17.5 Å². The molecule has 1 unspecified atom stereocenters. The first-order chi connectivity index (χ1) is 21.4. The maximum Gasteiger partial charge on any atom is 0.235 e. The molecule has 0 aromatic heterocycles. The quantitative estimate of drug-likeness (QED) is 0.0318. The van der Waals surface area contributed by atoms with Gasteiger partial charge in [0.25, 0.3) is 0 Å². The Labute approximate surface area is 277 Å². The van der Waals surface area contributed by atoms with E-state index in [4.69, 9.17) is 11.6 Å². The fourth-order valence-corrected chi connectivity index (χ4v) is 6.13. The average Bonchev–Trinajstić information content (AvgIpc) is 3.01. The lowest BCUT2D eigenvalue weighted by Crippen LogP contribution is -2.50. The minimum absolute atomic E-state index is 0.0666. The van der Waals surface area contributed by atoms with Gasteiger partial charge in [0.2, 0.25) is 5.79 Å². The minimum Gasteiger partial charge on any atom is -0.359 e. The van der Waals surface area contributed by atoms with Crippen molar-refractivity contribution in [2.75, 3.05) is 5.88 Å². The Hall–Kier alpha value is -0.970. The Bertz CT molecular complexity index is 715. The summed E-state index contributed by atoms with van der Waals surface area (Å²) in [5, 5.41) is 21.1. The minimum atomic E-state index is -2.66. The number of Topliss-reactive ketones (excluding diaryl/α,β-unsaturated/α-hetero) is 2. The van der Waals surface area contributed by atoms with Crippen molar-refractivity contribution in [3.63, 3.8) is 0 Å². The van der Waals surface area contributed by atoms with E-state index >= 15 is 0 Å². The van der Waals surface area contributed by atoms with Crippen LogP contribution in [0.1, 0.15) is 194 Å². The summed E-state index contributed by atoms with van der Waals surface area (Å²) in [4.78, 5) is 25.3. The van der Waals surface area contributed by atoms with Gasteiger partial charge in [0.1, 0.15) is 5.78 Å². The summed E-state index contributed by atoms with van der Waals surface area (Å²) >= 11 is 5.96. The van der Waals surface area contributed by atoms with Crippen molar-refractivity contribution < 1.29 is 19.8 Å². The van der Waals surface area contributed by atoms with Crippen LogP contribution in [0.2, 0.25) is 0 Å². The van der Waals surface area contributed by atoms with Crippen molar-refractivity contribution in [3.05, 3.63) is 24.3 Å². The molecule has 0 fully saturated rings. The van der Waals surface area contributed by atoms with Crippen molar-refractivity contribution in [2.24, 2.45) is 5.92 Å². The highest BCUT2D eigenvalue weighted by Gasteiger charge is 2.44. The molecule has 0 saturated heterocycles. The summed E-state index contributed by atoms with van der Waals surface area (Å²) in [6, 6.07) is 0. The van der Waals surface area contributed by atoms with Crippen LogP contribution in [0.3, 0.4) is 0 Å². The van der Waals surface area contributed by atoms with Gasteiger partial charge in [0.05, 0.1) is 5.92 Å². The van der Waals surface area contributed by atoms with E-state index in [0.717, 1.165) is 51.4 Å². The summed E-state index contributed by atoms with van der Waals surface area (Å²) in [6.45, 7) is 4.49. The number of rotatable bonds is 34. The Morgan fingerprint density at radius 1 is 0.545 bits per heavy atom.